The molecular formula is C31H39BrN4O3. The monoisotopic (exact) mass is 594 g/mol. The van der Waals surface area contributed by atoms with E-state index in [1.165, 1.54) is 6.42 Å². The van der Waals surface area contributed by atoms with Gasteiger partial charge in [-0.05, 0) is 74.0 Å². The van der Waals surface area contributed by atoms with E-state index in [2.05, 4.69) is 40.0 Å². The summed E-state index contributed by atoms with van der Waals surface area (Å²) in [6.45, 7) is 11.0. The molecule has 0 saturated carbocycles. The number of amides is 2. The van der Waals surface area contributed by atoms with Gasteiger partial charge in [-0.15, -0.1) is 0 Å². The van der Waals surface area contributed by atoms with Gasteiger partial charge in [-0.25, -0.2) is 0 Å². The fourth-order valence-corrected chi connectivity index (χ4v) is 6.84. The molecule has 2 amide bonds. The van der Waals surface area contributed by atoms with Crippen molar-refractivity contribution in [2.24, 2.45) is 11.8 Å². The number of hydrogen-bond donors (Lipinski definition) is 1. The van der Waals surface area contributed by atoms with Crippen LogP contribution in [0.2, 0.25) is 0 Å². The van der Waals surface area contributed by atoms with E-state index in [0.29, 0.717) is 37.2 Å². The smallest absolute Gasteiger partial charge is 0.271 e. The van der Waals surface area contributed by atoms with E-state index in [4.69, 9.17) is 4.74 Å². The van der Waals surface area contributed by atoms with E-state index < -0.39 is 5.54 Å². The molecule has 0 bridgehead atoms. The first kappa shape index (κ1) is 27.7. The number of ether oxygens (including phenoxy) is 1. The molecule has 1 saturated heterocycles. The van der Waals surface area contributed by atoms with Crippen LogP contribution in [-0.4, -0.2) is 65.0 Å². The molecule has 1 fully saturated rings. The SMILES string of the molecule is COc1ccc2cc3n(c2c1)C[C@](C)(C(=O)NCCCN1C[C@H](C)C[C@@H](C)C1)N(Cc1cccc(Br)c1)C3=O. The topological polar surface area (TPSA) is 66.8 Å². The molecule has 0 radical (unpaired) electrons. The van der Waals surface area contributed by atoms with E-state index in [9.17, 15) is 9.59 Å². The summed E-state index contributed by atoms with van der Waals surface area (Å²) in [6, 6.07) is 15.6. The Balaban J connectivity index is 1.39. The van der Waals surface area contributed by atoms with Gasteiger partial charge < -0.3 is 24.4 Å². The van der Waals surface area contributed by atoms with E-state index in [1.54, 1.807) is 12.0 Å². The number of halogens is 1. The summed E-state index contributed by atoms with van der Waals surface area (Å²) in [5, 5.41) is 4.14. The zero-order valence-electron chi connectivity index (χ0n) is 23.4. The summed E-state index contributed by atoms with van der Waals surface area (Å²) in [4.78, 5) is 32.2. The van der Waals surface area contributed by atoms with Gasteiger partial charge in [-0.1, -0.05) is 41.9 Å². The number of rotatable bonds is 8. The van der Waals surface area contributed by atoms with E-state index in [1.807, 2.05) is 60.0 Å². The van der Waals surface area contributed by atoms with Gasteiger partial charge in [0.1, 0.15) is 17.0 Å². The van der Waals surface area contributed by atoms with Gasteiger partial charge in [0.25, 0.3) is 5.91 Å². The molecule has 3 heterocycles. The van der Waals surface area contributed by atoms with Gasteiger partial charge in [0.2, 0.25) is 5.91 Å². The predicted octanol–water partition coefficient (Wildman–Crippen LogP) is 5.31. The van der Waals surface area contributed by atoms with Crippen molar-refractivity contribution >= 4 is 38.6 Å². The third kappa shape index (κ3) is 5.73. The second-order valence-electron chi connectivity index (χ2n) is 11.7. The van der Waals surface area contributed by atoms with Crippen LogP contribution in [0, 0.1) is 11.8 Å². The lowest BCUT2D eigenvalue weighted by Crippen LogP contribution is -2.63. The number of methoxy groups -OCH3 is 1. The summed E-state index contributed by atoms with van der Waals surface area (Å²) < 4.78 is 8.38. The molecule has 0 spiro atoms. The van der Waals surface area contributed by atoms with Crippen molar-refractivity contribution < 1.29 is 14.3 Å². The molecule has 2 aliphatic heterocycles. The minimum absolute atomic E-state index is 0.123. The molecular weight excluding hydrogens is 556 g/mol. The molecule has 39 heavy (non-hydrogen) atoms. The molecule has 2 aliphatic rings. The Bertz CT molecular complexity index is 1360. The van der Waals surface area contributed by atoms with Gasteiger partial charge in [-0.2, -0.15) is 0 Å². The number of piperidine rings is 1. The molecule has 5 rings (SSSR count). The number of fused-ring (bicyclic) bond motifs is 3. The van der Waals surface area contributed by atoms with Gasteiger partial charge >= 0.3 is 0 Å². The first-order valence-corrected chi connectivity index (χ1v) is 14.7. The van der Waals surface area contributed by atoms with E-state index in [0.717, 1.165) is 52.7 Å². The molecule has 0 aliphatic carbocycles. The molecule has 0 unspecified atom stereocenters. The van der Waals surface area contributed by atoms with Crippen LogP contribution in [0.3, 0.4) is 0 Å². The Kier molecular flexibility index (Phi) is 8.06. The summed E-state index contributed by atoms with van der Waals surface area (Å²) in [7, 11) is 1.63. The molecule has 7 nitrogen and oxygen atoms in total. The molecule has 208 valence electrons. The largest absolute Gasteiger partial charge is 0.497 e. The number of benzene rings is 2. The van der Waals surface area contributed by atoms with Crippen LogP contribution in [0.4, 0.5) is 0 Å². The summed E-state index contributed by atoms with van der Waals surface area (Å²) >= 11 is 3.54. The van der Waals surface area contributed by atoms with Gasteiger partial charge in [0, 0.05) is 42.1 Å². The highest BCUT2D eigenvalue weighted by molar-refractivity contribution is 9.10. The maximum Gasteiger partial charge on any atom is 0.271 e. The molecule has 3 atom stereocenters. The highest BCUT2D eigenvalue weighted by Gasteiger charge is 2.47. The Morgan fingerprint density at radius 1 is 1.13 bits per heavy atom. The van der Waals surface area contributed by atoms with Crippen LogP contribution in [0.15, 0.2) is 53.0 Å². The van der Waals surface area contributed by atoms with Crippen LogP contribution in [0.1, 0.15) is 49.7 Å². The van der Waals surface area contributed by atoms with Crippen molar-refractivity contribution in [3.8, 4) is 5.75 Å². The summed E-state index contributed by atoms with van der Waals surface area (Å²) in [5.74, 6) is 1.88. The van der Waals surface area contributed by atoms with Crippen LogP contribution >= 0.6 is 15.9 Å². The second kappa shape index (κ2) is 11.3. The zero-order valence-corrected chi connectivity index (χ0v) is 25.0. The minimum Gasteiger partial charge on any atom is -0.497 e. The Hall–Kier alpha value is -2.84. The number of aromatic nitrogens is 1. The number of hydrogen-bond acceptors (Lipinski definition) is 4. The van der Waals surface area contributed by atoms with Crippen molar-refractivity contribution in [1.82, 2.24) is 19.7 Å². The predicted molar refractivity (Wildman–Crippen MR) is 158 cm³/mol. The number of nitrogens with zero attached hydrogens (tertiary/aromatic N) is 3. The van der Waals surface area contributed by atoms with Crippen molar-refractivity contribution in [1.29, 1.82) is 0 Å². The fraction of sp³-hybridized carbons (Fsp3) is 0.484. The minimum atomic E-state index is -1.06. The fourth-order valence-electron chi connectivity index (χ4n) is 6.39. The van der Waals surface area contributed by atoms with Crippen molar-refractivity contribution in [3.63, 3.8) is 0 Å². The van der Waals surface area contributed by atoms with Crippen LogP contribution < -0.4 is 10.1 Å². The third-order valence-electron chi connectivity index (χ3n) is 8.24. The first-order valence-electron chi connectivity index (χ1n) is 13.9. The highest BCUT2D eigenvalue weighted by atomic mass is 79.9. The maximum absolute atomic E-state index is 14.0. The molecule has 8 heteroatoms. The standard InChI is InChI=1S/C31H39BrN4O3/c1-21-13-22(2)18-34(17-21)12-6-11-33-30(38)31(3)20-35-27-16-26(39-4)10-9-24(27)15-28(35)29(37)36(31)19-23-7-5-8-25(32)14-23/h5,7-10,14-16,21-22H,6,11-13,17-20H2,1-4H3,(H,33,38)/t21-,22-,31-/m1/s1. The number of carbonyl (C=O) groups is 2. The van der Waals surface area contributed by atoms with Crippen LogP contribution in [0.25, 0.3) is 10.9 Å². The lowest BCUT2D eigenvalue weighted by molar-refractivity contribution is -0.133. The third-order valence-corrected chi connectivity index (χ3v) is 8.73. The number of likely N-dealkylation sites (tertiary alicyclic amines) is 1. The second-order valence-corrected chi connectivity index (χ2v) is 12.6. The van der Waals surface area contributed by atoms with Gasteiger partial charge in [0.05, 0.1) is 19.2 Å². The molecule has 1 N–H and O–H groups in total. The van der Waals surface area contributed by atoms with Gasteiger partial charge in [0.15, 0.2) is 0 Å². The molecule has 2 aromatic carbocycles. The average molecular weight is 596 g/mol. The average Bonchev–Trinajstić information content (AvgIpc) is 3.26. The molecule has 3 aromatic rings. The number of nitrogens with one attached hydrogen (secondary N) is 1. The van der Waals surface area contributed by atoms with E-state index >= 15 is 0 Å². The molecule has 1 aromatic heterocycles. The zero-order chi connectivity index (χ0) is 27.7. The normalized spacial score (nSPS) is 23.6. The Labute approximate surface area is 239 Å². The van der Waals surface area contributed by atoms with E-state index in [-0.39, 0.29) is 11.8 Å². The first-order chi connectivity index (χ1) is 18.7. The van der Waals surface area contributed by atoms with Crippen LogP contribution in [-0.2, 0) is 17.9 Å². The highest BCUT2D eigenvalue weighted by Crippen LogP contribution is 2.35. The Morgan fingerprint density at radius 3 is 2.62 bits per heavy atom. The lowest BCUT2D eigenvalue weighted by Gasteiger charge is -2.44. The van der Waals surface area contributed by atoms with Gasteiger partial charge in [-0.3, -0.25) is 9.59 Å². The summed E-state index contributed by atoms with van der Waals surface area (Å²) in [6.07, 6.45) is 2.17. The summed E-state index contributed by atoms with van der Waals surface area (Å²) in [5.41, 5.74) is 1.39. The van der Waals surface area contributed by atoms with Crippen LogP contribution in [0.5, 0.6) is 5.75 Å². The van der Waals surface area contributed by atoms with Crippen molar-refractivity contribution in [2.75, 3.05) is 33.3 Å². The maximum atomic E-state index is 14.0. The van der Waals surface area contributed by atoms with Crippen molar-refractivity contribution in [3.05, 3.63) is 64.3 Å². The quantitative estimate of drug-likeness (QED) is 0.359. The number of carbonyl (C=O) groups excluding carboxylic acids is 2. The Morgan fingerprint density at radius 2 is 1.90 bits per heavy atom. The van der Waals surface area contributed by atoms with Crippen molar-refractivity contribution in [2.45, 2.75) is 52.2 Å². The lowest BCUT2D eigenvalue weighted by atomic mass is 9.92.